The van der Waals surface area contributed by atoms with Gasteiger partial charge in [0.1, 0.15) is 6.42 Å². The van der Waals surface area contributed by atoms with Crippen LogP contribution < -0.4 is 14.8 Å². The van der Waals surface area contributed by atoms with E-state index in [9.17, 15) is 9.59 Å². The number of rotatable bonds is 3. The molecule has 2 heterocycles. The number of benzene rings is 1. The normalized spacial score (nSPS) is 17.4. The van der Waals surface area contributed by atoms with E-state index in [1.807, 2.05) is 0 Å². The maximum Gasteiger partial charge on any atom is 0.233 e. The van der Waals surface area contributed by atoms with Crippen molar-refractivity contribution >= 4 is 17.5 Å². The topological polar surface area (TPSA) is 67.9 Å². The fourth-order valence-electron chi connectivity index (χ4n) is 2.69. The molecule has 6 nitrogen and oxygen atoms in total. The third kappa shape index (κ3) is 3.32. The Bertz CT molecular complexity index is 580. The van der Waals surface area contributed by atoms with Crippen molar-refractivity contribution in [3.63, 3.8) is 0 Å². The van der Waals surface area contributed by atoms with E-state index in [1.54, 1.807) is 23.1 Å². The molecule has 2 amide bonds. The Morgan fingerprint density at radius 3 is 2.73 bits per heavy atom. The number of carbonyl (C=O) groups excluding carboxylic acids is 2. The molecule has 0 aliphatic carbocycles. The molecular formula is C16H20N2O4. The van der Waals surface area contributed by atoms with Gasteiger partial charge in [-0.25, -0.2) is 0 Å². The zero-order chi connectivity index (χ0) is 15.5. The summed E-state index contributed by atoms with van der Waals surface area (Å²) in [5.74, 6) is 1.52. The van der Waals surface area contributed by atoms with Crippen molar-refractivity contribution in [1.82, 2.24) is 4.90 Å². The molecule has 0 saturated carbocycles. The molecule has 0 bridgehead atoms. The van der Waals surface area contributed by atoms with Gasteiger partial charge in [-0.2, -0.15) is 0 Å². The Balaban J connectivity index is 1.53. The van der Waals surface area contributed by atoms with Crippen molar-refractivity contribution in [3.8, 4) is 11.5 Å². The predicted octanol–water partition coefficient (Wildman–Crippen LogP) is 2.00. The predicted molar refractivity (Wildman–Crippen MR) is 80.8 cm³/mol. The summed E-state index contributed by atoms with van der Waals surface area (Å²) in [5.41, 5.74) is 0.606. The first-order valence-corrected chi connectivity index (χ1v) is 7.59. The molecule has 1 aromatic carbocycles. The first kappa shape index (κ1) is 14.7. The van der Waals surface area contributed by atoms with Crippen molar-refractivity contribution in [2.45, 2.75) is 26.2 Å². The van der Waals surface area contributed by atoms with Crippen LogP contribution in [0.1, 0.15) is 26.2 Å². The molecular weight excluding hydrogens is 284 g/mol. The molecule has 118 valence electrons. The average Bonchev–Trinajstić information content (AvgIpc) is 2.95. The van der Waals surface area contributed by atoms with E-state index >= 15 is 0 Å². The number of carbonyl (C=O) groups is 2. The van der Waals surface area contributed by atoms with Crippen molar-refractivity contribution in [2.24, 2.45) is 5.92 Å². The highest BCUT2D eigenvalue weighted by molar-refractivity contribution is 6.03. The lowest BCUT2D eigenvalue weighted by molar-refractivity contribution is -0.135. The maximum atomic E-state index is 12.1. The van der Waals surface area contributed by atoms with Gasteiger partial charge in [0, 0.05) is 24.8 Å². The zero-order valence-corrected chi connectivity index (χ0v) is 12.6. The van der Waals surface area contributed by atoms with Gasteiger partial charge < -0.3 is 19.7 Å². The lowest BCUT2D eigenvalue weighted by atomic mass is 9.99. The largest absolute Gasteiger partial charge is 0.454 e. The molecule has 1 saturated heterocycles. The van der Waals surface area contributed by atoms with E-state index in [1.165, 1.54) is 0 Å². The van der Waals surface area contributed by atoms with Crippen LogP contribution in [-0.4, -0.2) is 36.6 Å². The fraction of sp³-hybridized carbons (Fsp3) is 0.500. The summed E-state index contributed by atoms with van der Waals surface area (Å²) < 4.78 is 10.5. The lowest BCUT2D eigenvalue weighted by Gasteiger charge is -2.30. The third-order valence-corrected chi connectivity index (χ3v) is 4.10. The molecule has 1 fully saturated rings. The van der Waals surface area contributed by atoms with Crippen LogP contribution in [-0.2, 0) is 9.59 Å². The van der Waals surface area contributed by atoms with Crippen LogP contribution in [0.4, 0.5) is 5.69 Å². The monoisotopic (exact) mass is 304 g/mol. The average molecular weight is 304 g/mol. The van der Waals surface area contributed by atoms with Crippen molar-refractivity contribution in [1.29, 1.82) is 0 Å². The summed E-state index contributed by atoms with van der Waals surface area (Å²) in [6.07, 6.45) is 1.90. The number of fused-ring (bicyclic) bond motifs is 1. The van der Waals surface area contributed by atoms with Crippen LogP contribution in [0, 0.1) is 5.92 Å². The van der Waals surface area contributed by atoms with E-state index in [-0.39, 0.29) is 25.0 Å². The van der Waals surface area contributed by atoms with Crippen LogP contribution in [0.25, 0.3) is 0 Å². The number of likely N-dealkylation sites (tertiary alicyclic amines) is 1. The SMILES string of the molecule is CC1CCN(C(=O)CC(=O)Nc2ccc3c(c2)OCO3)CC1. The zero-order valence-electron chi connectivity index (χ0n) is 12.6. The maximum absolute atomic E-state index is 12.1. The molecule has 2 aliphatic heterocycles. The summed E-state index contributed by atoms with van der Waals surface area (Å²) in [6, 6.07) is 5.18. The van der Waals surface area contributed by atoms with Crippen LogP contribution >= 0.6 is 0 Å². The Labute approximate surface area is 129 Å². The van der Waals surface area contributed by atoms with Crippen molar-refractivity contribution in [2.75, 3.05) is 25.2 Å². The smallest absolute Gasteiger partial charge is 0.233 e. The molecule has 1 aromatic rings. The van der Waals surface area contributed by atoms with Gasteiger partial charge in [0.15, 0.2) is 11.5 Å². The molecule has 22 heavy (non-hydrogen) atoms. The van der Waals surface area contributed by atoms with Gasteiger partial charge in [0.25, 0.3) is 0 Å². The number of nitrogens with one attached hydrogen (secondary N) is 1. The lowest BCUT2D eigenvalue weighted by Crippen LogP contribution is -2.39. The standard InChI is InChI=1S/C16H20N2O4/c1-11-4-6-18(7-5-11)16(20)9-15(19)17-12-2-3-13-14(8-12)22-10-21-13/h2-3,8,11H,4-7,9-10H2,1H3,(H,17,19). The minimum atomic E-state index is -0.303. The number of nitrogens with zero attached hydrogens (tertiary/aromatic N) is 1. The molecule has 0 atom stereocenters. The second-order valence-electron chi connectivity index (χ2n) is 5.86. The van der Waals surface area contributed by atoms with E-state index in [4.69, 9.17) is 9.47 Å². The first-order chi connectivity index (χ1) is 10.6. The summed E-state index contributed by atoms with van der Waals surface area (Å²) in [5, 5.41) is 2.73. The van der Waals surface area contributed by atoms with Gasteiger partial charge in [0.2, 0.25) is 18.6 Å². The van der Waals surface area contributed by atoms with Crippen LogP contribution in [0.3, 0.4) is 0 Å². The highest BCUT2D eigenvalue weighted by Gasteiger charge is 2.22. The van der Waals surface area contributed by atoms with E-state index in [0.29, 0.717) is 23.1 Å². The van der Waals surface area contributed by atoms with Gasteiger partial charge in [-0.15, -0.1) is 0 Å². The summed E-state index contributed by atoms with van der Waals surface area (Å²) in [6.45, 7) is 3.88. The number of hydrogen-bond acceptors (Lipinski definition) is 4. The Morgan fingerprint density at radius 2 is 1.95 bits per heavy atom. The Kier molecular flexibility index (Phi) is 4.18. The minimum absolute atomic E-state index is 0.106. The highest BCUT2D eigenvalue weighted by atomic mass is 16.7. The molecule has 3 rings (SSSR count). The molecule has 2 aliphatic rings. The van der Waals surface area contributed by atoms with Gasteiger partial charge in [-0.3, -0.25) is 9.59 Å². The van der Waals surface area contributed by atoms with Crippen molar-refractivity contribution in [3.05, 3.63) is 18.2 Å². The van der Waals surface area contributed by atoms with E-state index < -0.39 is 0 Å². The molecule has 0 radical (unpaired) electrons. The van der Waals surface area contributed by atoms with Crippen molar-refractivity contribution < 1.29 is 19.1 Å². The number of amides is 2. The summed E-state index contributed by atoms with van der Waals surface area (Å²) in [4.78, 5) is 25.9. The minimum Gasteiger partial charge on any atom is -0.454 e. The number of anilines is 1. The van der Waals surface area contributed by atoms with Crippen LogP contribution in [0.5, 0.6) is 11.5 Å². The van der Waals surface area contributed by atoms with Crippen LogP contribution in [0.15, 0.2) is 18.2 Å². The molecule has 0 aromatic heterocycles. The van der Waals surface area contributed by atoms with Gasteiger partial charge in [-0.1, -0.05) is 6.92 Å². The van der Waals surface area contributed by atoms with Gasteiger partial charge in [0.05, 0.1) is 0 Å². The molecule has 0 spiro atoms. The summed E-state index contributed by atoms with van der Waals surface area (Å²) in [7, 11) is 0. The molecule has 0 unspecified atom stereocenters. The number of ether oxygens (including phenoxy) is 2. The Hall–Kier alpha value is -2.24. The Morgan fingerprint density at radius 1 is 1.23 bits per heavy atom. The number of piperidine rings is 1. The van der Waals surface area contributed by atoms with E-state index in [2.05, 4.69) is 12.2 Å². The van der Waals surface area contributed by atoms with Crippen LogP contribution in [0.2, 0.25) is 0 Å². The second-order valence-corrected chi connectivity index (χ2v) is 5.86. The molecule has 6 heteroatoms. The number of hydrogen-bond donors (Lipinski definition) is 1. The fourth-order valence-corrected chi connectivity index (χ4v) is 2.69. The summed E-state index contributed by atoms with van der Waals surface area (Å²) >= 11 is 0. The van der Waals surface area contributed by atoms with E-state index in [0.717, 1.165) is 25.9 Å². The van der Waals surface area contributed by atoms with Gasteiger partial charge >= 0.3 is 0 Å². The third-order valence-electron chi connectivity index (χ3n) is 4.10. The quantitative estimate of drug-likeness (QED) is 0.867. The highest BCUT2D eigenvalue weighted by Crippen LogP contribution is 2.34. The second kappa shape index (κ2) is 6.25. The van der Waals surface area contributed by atoms with Gasteiger partial charge in [-0.05, 0) is 30.9 Å². The molecule has 1 N–H and O–H groups in total. The first-order valence-electron chi connectivity index (χ1n) is 7.59.